The van der Waals surface area contributed by atoms with E-state index in [2.05, 4.69) is 6.92 Å². The van der Waals surface area contributed by atoms with Crippen molar-refractivity contribution in [3.63, 3.8) is 0 Å². The van der Waals surface area contributed by atoms with Crippen LogP contribution in [0.1, 0.15) is 92.6 Å². The van der Waals surface area contributed by atoms with Gasteiger partial charge in [0, 0.05) is 5.56 Å². The second-order valence-corrected chi connectivity index (χ2v) is 11.6. The first kappa shape index (κ1) is 30.7. The van der Waals surface area contributed by atoms with E-state index in [1.807, 2.05) is 6.07 Å². The predicted molar refractivity (Wildman–Crippen MR) is 156 cm³/mol. The highest BCUT2D eigenvalue weighted by molar-refractivity contribution is 7.86. The fourth-order valence-corrected chi connectivity index (χ4v) is 6.35. The lowest BCUT2D eigenvalue weighted by molar-refractivity contribution is 0.0156. The van der Waals surface area contributed by atoms with Crippen molar-refractivity contribution in [1.29, 1.82) is 0 Å². The third kappa shape index (κ3) is 8.59. The summed E-state index contributed by atoms with van der Waals surface area (Å²) in [4.78, 5) is 13.8. The first-order valence-electron chi connectivity index (χ1n) is 14.2. The molecule has 39 heavy (non-hydrogen) atoms. The molecule has 0 aliphatic rings. The molecule has 0 spiro atoms. The Morgan fingerprint density at radius 2 is 1.23 bits per heavy atom. The van der Waals surface area contributed by atoms with Gasteiger partial charge in [-0.2, -0.15) is 8.42 Å². The molecule has 0 bridgehead atoms. The fourth-order valence-electron chi connectivity index (χ4n) is 4.93. The van der Waals surface area contributed by atoms with Gasteiger partial charge in [-0.05, 0) is 30.0 Å². The van der Waals surface area contributed by atoms with Crippen LogP contribution in [0, 0.1) is 0 Å². The second-order valence-electron chi connectivity index (χ2n) is 10.1. The molecule has 1 N–H and O–H groups in total. The highest BCUT2D eigenvalue weighted by Gasteiger charge is 2.46. The number of hydrogen-bond acceptors (Lipinski definition) is 5. The Bertz CT molecular complexity index is 1240. The summed E-state index contributed by atoms with van der Waals surface area (Å²) in [5, 5.41) is 10.5. The molecule has 0 aliphatic heterocycles. The van der Waals surface area contributed by atoms with Crippen molar-refractivity contribution in [2.75, 3.05) is 6.61 Å². The average molecular weight is 551 g/mol. The molecule has 0 aliphatic carbocycles. The number of carbonyl (C=O) groups excluding carboxylic acids is 1. The maximum atomic E-state index is 13.7. The maximum absolute atomic E-state index is 13.7. The topological polar surface area (TPSA) is 80.7 Å². The van der Waals surface area contributed by atoms with Crippen LogP contribution >= 0.6 is 0 Å². The van der Waals surface area contributed by atoms with Crippen molar-refractivity contribution in [3.05, 3.63) is 102 Å². The van der Waals surface area contributed by atoms with Crippen LogP contribution in [0.2, 0.25) is 0 Å². The van der Waals surface area contributed by atoms with Crippen molar-refractivity contribution in [3.8, 4) is 0 Å². The first-order chi connectivity index (χ1) is 18.9. The van der Waals surface area contributed by atoms with Gasteiger partial charge in [0.25, 0.3) is 10.1 Å². The van der Waals surface area contributed by atoms with E-state index in [1.165, 1.54) is 51.0 Å². The number of hydrogen-bond donors (Lipinski definition) is 1. The number of rotatable bonds is 18. The molecule has 3 aromatic carbocycles. The van der Waals surface area contributed by atoms with Crippen LogP contribution in [0.3, 0.4) is 0 Å². The van der Waals surface area contributed by atoms with Gasteiger partial charge in [-0.3, -0.25) is 4.79 Å². The van der Waals surface area contributed by atoms with Crippen LogP contribution in [0.5, 0.6) is 0 Å². The van der Waals surface area contributed by atoms with Crippen molar-refractivity contribution in [1.82, 2.24) is 0 Å². The average Bonchev–Trinajstić information content (AvgIpc) is 2.97. The molecule has 1 unspecified atom stereocenters. The Morgan fingerprint density at radius 1 is 0.718 bits per heavy atom. The van der Waals surface area contributed by atoms with E-state index in [0.717, 1.165) is 19.3 Å². The highest BCUT2D eigenvalue weighted by atomic mass is 32.2. The van der Waals surface area contributed by atoms with Crippen LogP contribution in [-0.2, 0) is 26.3 Å². The number of aliphatic hydroxyl groups excluding tert-OH is 1. The summed E-state index contributed by atoms with van der Waals surface area (Å²) in [5.41, 5.74) is -0.920. The van der Waals surface area contributed by atoms with Crippen LogP contribution in [0.4, 0.5) is 0 Å². The predicted octanol–water partition coefficient (Wildman–Crippen LogP) is 7.63. The van der Waals surface area contributed by atoms with Gasteiger partial charge in [-0.1, -0.05) is 144 Å². The van der Waals surface area contributed by atoms with Gasteiger partial charge in [0.1, 0.15) is 0 Å². The fraction of sp³-hybridized carbons (Fsp3) is 0.424. The van der Waals surface area contributed by atoms with Crippen LogP contribution in [0.25, 0.3) is 0 Å². The molecule has 0 heterocycles. The van der Waals surface area contributed by atoms with Crippen molar-refractivity contribution in [2.24, 2.45) is 0 Å². The zero-order valence-electron chi connectivity index (χ0n) is 23.1. The number of unbranched alkanes of at least 4 members (excludes halogenated alkanes) is 9. The molecular formula is C33H42O5S. The largest absolute Gasteiger partial charge is 0.392 e. The summed E-state index contributed by atoms with van der Waals surface area (Å²) in [7, 11) is -4.41. The number of benzene rings is 3. The molecule has 0 radical (unpaired) electrons. The molecule has 3 rings (SSSR count). The zero-order valence-corrected chi connectivity index (χ0v) is 23.9. The van der Waals surface area contributed by atoms with E-state index in [1.54, 1.807) is 72.8 Å². The minimum atomic E-state index is -4.41. The standard InChI is InChI=1S/C33H42O5S/c1-2-3-4-5-6-7-8-9-10-13-20-28-21-18-19-26-31(28)39(36,37)38-33(27-34,30-24-16-12-17-25-30)32(35)29-22-14-11-15-23-29/h11-12,14-19,21-26,34H,2-10,13,20,27H2,1H3. The number of aliphatic hydroxyl groups is 1. The van der Waals surface area contributed by atoms with Gasteiger partial charge < -0.3 is 5.11 Å². The molecule has 0 fully saturated rings. The van der Waals surface area contributed by atoms with Crippen LogP contribution < -0.4 is 0 Å². The summed E-state index contributed by atoms with van der Waals surface area (Å²) >= 11 is 0. The Balaban J connectivity index is 1.74. The van der Waals surface area contributed by atoms with Crippen LogP contribution in [0.15, 0.2) is 89.8 Å². The monoisotopic (exact) mass is 550 g/mol. The van der Waals surface area contributed by atoms with E-state index < -0.39 is 28.1 Å². The lowest BCUT2D eigenvalue weighted by Crippen LogP contribution is -2.44. The molecule has 6 heteroatoms. The summed E-state index contributed by atoms with van der Waals surface area (Å²) in [6, 6.07) is 23.4. The highest BCUT2D eigenvalue weighted by Crippen LogP contribution is 2.35. The molecule has 0 saturated carbocycles. The number of aryl methyl sites for hydroxylation is 1. The quantitative estimate of drug-likeness (QED) is 0.100. The van der Waals surface area contributed by atoms with E-state index in [0.29, 0.717) is 12.0 Å². The first-order valence-corrected chi connectivity index (χ1v) is 15.6. The maximum Gasteiger partial charge on any atom is 0.298 e. The lowest BCUT2D eigenvalue weighted by atomic mass is 9.86. The molecule has 0 aromatic heterocycles. The smallest absolute Gasteiger partial charge is 0.298 e. The van der Waals surface area contributed by atoms with Gasteiger partial charge in [0.2, 0.25) is 5.78 Å². The van der Waals surface area contributed by atoms with E-state index >= 15 is 0 Å². The van der Waals surface area contributed by atoms with Crippen molar-refractivity contribution >= 4 is 15.9 Å². The number of carbonyl (C=O) groups is 1. The van der Waals surface area contributed by atoms with E-state index in [4.69, 9.17) is 4.18 Å². The van der Waals surface area contributed by atoms with E-state index in [-0.39, 0.29) is 16.0 Å². The van der Waals surface area contributed by atoms with E-state index in [9.17, 15) is 18.3 Å². The molecule has 5 nitrogen and oxygen atoms in total. The third-order valence-corrected chi connectivity index (χ3v) is 8.60. The molecule has 0 saturated heterocycles. The van der Waals surface area contributed by atoms with Crippen LogP contribution in [-0.4, -0.2) is 25.9 Å². The molecule has 1 atom stereocenters. The van der Waals surface area contributed by atoms with Gasteiger partial charge in [-0.15, -0.1) is 0 Å². The Kier molecular flexibility index (Phi) is 12.4. The normalized spacial score (nSPS) is 13.2. The molecule has 0 amide bonds. The molecule has 210 valence electrons. The summed E-state index contributed by atoms with van der Waals surface area (Å²) < 4.78 is 33.2. The number of ketones is 1. The SMILES string of the molecule is CCCCCCCCCCCCc1ccccc1S(=O)(=O)OC(CO)(C(=O)c1ccccc1)c1ccccc1. The minimum absolute atomic E-state index is 0.0375. The summed E-state index contributed by atoms with van der Waals surface area (Å²) in [6.45, 7) is 1.40. The Morgan fingerprint density at radius 3 is 1.82 bits per heavy atom. The van der Waals surface area contributed by atoms with Gasteiger partial charge in [0.05, 0.1) is 11.5 Å². The van der Waals surface area contributed by atoms with Gasteiger partial charge >= 0.3 is 0 Å². The van der Waals surface area contributed by atoms with Crippen molar-refractivity contribution < 1.29 is 22.5 Å². The Labute approximate surface area is 234 Å². The van der Waals surface area contributed by atoms with Gasteiger partial charge in [-0.25, -0.2) is 4.18 Å². The van der Waals surface area contributed by atoms with Crippen molar-refractivity contribution in [2.45, 2.75) is 88.0 Å². The Hall–Kier alpha value is -2.80. The molecule has 3 aromatic rings. The second kappa shape index (κ2) is 15.7. The zero-order chi connectivity index (χ0) is 28.0. The number of Topliss-reactive ketones (excluding diaryl/α,β-unsaturated/α-hetero) is 1. The summed E-state index contributed by atoms with van der Waals surface area (Å²) in [6.07, 6.45) is 12.6. The minimum Gasteiger partial charge on any atom is -0.392 e. The third-order valence-electron chi connectivity index (χ3n) is 7.16. The van der Waals surface area contributed by atoms with Gasteiger partial charge in [0.15, 0.2) is 5.60 Å². The molecular weight excluding hydrogens is 508 g/mol. The summed E-state index contributed by atoms with van der Waals surface area (Å²) in [5.74, 6) is -0.618. The lowest BCUT2D eigenvalue weighted by Gasteiger charge is -2.30.